The van der Waals surface area contributed by atoms with E-state index in [4.69, 9.17) is 0 Å². The van der Waals surface area contributed by atoms with E-state index in [0.717, 1.165) is 6.42 Å². The van der Waals surface area contributed by atoms with Crippen LogP contribution in [0.4, 0.5) is 0 Å². The molecule has 2 aliphatic rings. The number of rotatable bonds is 0. The summed E-state index contributed by atoms with van der Waals surface area (Å²) < 4.78 is 0. The lowest BCUT2D eigenvalue weighted by Crippen LogP contribution is -2.25. The van der Waals surface area contributed by atoms with Gasteiger partial charge in [0.05, 0.1) is 0 Å². The van der Waals surface area contributed by atoms with Gasteiger partial charge in [-0.2, -0.15) is 0 Å². The molecule has 2 aliphatic carbocycles. The summed E-state index contributed by atoms with van der Waals surface area (Å²) in [6.45, 7) is 1.96. The molecule has 0 radical (unpaired) electrons. The first-order chi connectivity index (χ1) is 5.18. The van der Waals surface area contributed by atoms with Gasteiger partial charge in [-0.3, -0.25) is 9.59 Å². The van der Waals surface area contributed by atoms with E-state index in [2.05, 4.69) is 0 Å². The zero-order valence-electron chi connectivity index (χ0n) is 6.67. The van der Waals surface area contributed by atoms with Crippen LogP contribution in [0.1, 0.15) is 26.2 Å². The maximum Gasteiger partial charge on any atom is 0.136 e. The minimum Gasteiger partial charge on any atom is -0.299 e. The van der Waals surface area contributed by atoms with Crippen LogP contribution in [-0.2, 0) is 9.59 Å². The van der Waals surface area contributed by atoms with Gasteiger partial charge in [-0.05, 0) is 12.3 Å². The second-order valence-corrected chi connectivity index (χ2v) is 3.82. The van der Waals surface area contributed by atoms with E-state index >= 15 is 0 Å². The van der Waals surface area contributed by atoms with Gasteiger partial charge in [-0.25, -0.2) is 0 Å². The van der Waals surface area contributed by atoms with Crippen molar-refractivity contribution in [3.8, 4) is 0 Å². The molecule has 0 aromatic carbocycles. The van der Waals surface area contributed by atoms with Gasteiger partial charge in [0, 0.05) is 24.7 Å². The van der Waals surface area contributed by atoms with Gasteiger partial charge in [0.25, 0.3) is 0 Å². The normalized spacial score (nSPS) is 43.2. The van der Waals surface area contributed by atoms with Crippen molar-refractivity contribution in [2.75, 3.05) is 0 Å². The molecule has 3 atom stereocenters. The van der Waals surface area contributed by atoms with E-state index in [1.54, 1.807) is 0 Å². The third-order valence-corrected chi connectivity index (χ3v) is 3.17. The molecule has 3 unspecified atom stereocenters. The molecule has 11 heavy (non-hydrogen) atoms. The molecule has 2 heteroatoms. The zero-order valence-corrected chi connectivity index (χ0v) is 6.67. The van der Waals surface area contributed by atoms with Gasteiger partial charge in [0.15, 0.2) is 0 Å². The molecule has 0 N–H and O–H groups in total. The monoisotopic (exact) mass is 152 g/mol. The van der Waals surface area contributed by atoms with Crippen LogP contribution in [0.15, 0.2) is 0 Å². The van der Waals surface area contributed by atoms with Crippen molar-refractivity contribution in [1.29, 1.82) is 0 Å². The van der Waals surface area contributed by atoms with E-state index in [1.165, 1.54) is 0 Å². The van der Waals surface area contributed by atoms with Crippen LogP contribution < -0.4 is 0 Å². The van der Waals surface area contributed by atoms with E-state index in [0.29, 0.717) is 30.3 Å². The molecule has 2 rings (SSSR count). The first-order valence-corrected chi connectivity index (χ1v) is 4.24. The van der Waals surface area contributed by atoms with E-state index in [-0.39, 0.29) is 11.8 Å². The minimum absolute atomic E-state index is 0.101. The van der Waals surface area contributed by atoms with E-state index < -0.39 is 0 Å². The van der Waals surface area contributed by atoms with Crippen LogP contribution in [0.3, 0.4) is 0 Å². The SMILES string of the molecule is CC1C(=O)CC2CC1CC2=O. The topological polar surface area (TPSA) is 34.1 Å². The highest BCUT2D eigenvalue weighted by atomic mass is 16.1. The van der Waals surface area contributed by atoms with Crippen molar-refractivity contribution in [2.24, 2.45) is 17.8 Å². The fourth-order valence-electron chi connectivity index (χ4n) is 2.28. The minimum atomic E-state index is 0.101. The molecule has 0 spiro atoms. The molecular weight excluding hydrogens is 140 g/mol. The first kappa shape index (κ1) is 7.01. The third-order valence-electron chi connectivity index (χ3n) is 3.17. The summed E-state index contributed by atoms with van der Waals surface area (Å²) in [5.41, 5.74) is 0. The van der Waals surface area contributed by atoms with Crippen LogP contribution >= 0.6 is 0 Å². The van der Waals surface area contributed by atoms with Gasteiger partial charge < -0.3 is 0 Å². The van der Waals surface area contributed by atoms with Crippen molar-refractivity contribution in [3.63, 3.8) is 0 Å². The standard InChI is InChI=1S/C9H12O2/c1-5-6-2-7(4-8(5)10)9(11)3-6/h5-7H,2-4H2,1H3. The Balaban J connectivity index is 2.25. The zero-order chi connectivity index (χ0) is 8.01. The van der Waals surface area contributed by atoms with Gasteiger partial charge in [-0.1, -0.05) is 6.92 Å². The number of hydrogen-bond acceptors (Lipinski definition) is 2. The number of ketones is 2. The third kappa shape index (κ3) is 0.924. The molecule has 2 nitrogen and oxygen atoms in total. The summed E-state index contributed by atoms with van der Waals surface area (Å²) in [5.74, 6) is 1.26. The van der Waals surface area contributed by atoms with Gasteiger partial charge in [0.2, 0.25) is 0 Å². The molecule has 0 amide bonds. The van der Waals surface area contributed by atoms with Gasteiger partial charge in [0.1, 0.15) is 11.6 Å². The number of hydrogen-bond donors (Lipinski definition) is 0. The number of carbonyl (C=O) groups is 2. The van der Waals surface area contributed by atoms with E-state index in [9.17, 15) is 9.59 Å². The molecule has 0 heterocycles. The molecule has 0 aliphatic heterocycles. The molecule has 2 bridgehead atoms. The average molecular weight is 152 g/mol. The highest BCUT2D eigenvalue weighted by molar-refractivity contribution is 5.93. The predicted octanol–water partition coefficient (Wildman–Crippen LogP) is 1.19. The Morgan fingerprint density at radius 3 is 2.64 bits per heavy atom. The second kappa shape index (κ2) is 2.16. The molecular formula is C9H12O2. The lowest BCUT2D eigenvalue weighted by atomic mass is 9.80. The maximum absolute atomic E-state index is 11.2. The molecule has 60 valence electrons. The van der Waals surface area contributed by atoms with Crippen LogP contribution in [0.25, 0.3) is 0 Å². The Bertz CT molecular complexity index is 220. The lowest BCUT2D eigenvalue weighted by molar-refractivity contribution is -0.128. The van der Waals surface area contributed by atoms with Crippen molar-refractivity contribution in [2.45, 2.75) is 26.2 Å². The predicted molar refractivity (Wildman–Crippen MR) is 40.0 cm³/mol. The molecule has 2 fully saturated rings. The van der Waals surface area contributed by atoms with Crippen molar-refractivity contribution in [1.82, 2.24) is 0 Å². The number of Topliss-reactive ketones (excluding diaryl/α,β-unsaturated/α-hetero) is 2. The van der Waals surface area contributed by atoms with Crippen molar-refractivity contribution < 1.29 is 9.59 Å². The Labute approximate surface area is 66.0 Å². The first-order valence-electron chi connectivity index (χ1n) is 4.24. The second-order valence-electron chi connectivity index (χ2n) is 3.82. The summed E-state index contributed by atoms with van der Waals surface area (Å²) in [4.78, 5) is 22.4. The molecule has 0 aromatic heterocycles. The number of carbonyl (C=O) groups excluding carboxylic acids is 2. The molecule has 0 aromatic rings. The van der Waals surface area contributed by atoms with E-state index in [1.807, 2.05) is 6.92 Å². The summed E-state index contributed by atoms with van der Waals surface area (Å²) in [7, 11) is 0. The fourth-order valence-corrected chi connectivity index (χ4v) is 2.28. The fraction of sp³-hybridized carbons (Fsp3) is 0.778. The summed E-state index contributed by atoms with van der Waals surface area (Å²) in [6.07, 6.45) is 2.17. The Hall–Kier alpha value is -0.660. The van der Waals surface area contributed by atoms with Crippen LogP contribution in [0.2, 0.25) is 0 Å². The van der Waals surface area contributed by atoms with Gasteiger partial charge in [-0.15, -0.1) is 0 Å². The number of fused-ring (bicyclic) bond motifs is 2. The Morgan fingerprint density at radius 1 is 1.18 bits per heavy atom. The molecule has 0 saturated heterocycles. The Kier molecular flexibility index (Phi) is 1.38. The summed E-state index contributed by atoms with van der Waals surface area (Å²) >= 11 is 0. The quantitative estimate of drug-likeness (QED) is 0.522. The maximum atomic E-state index is 11.2. The summed E-state index contributed by atoms with van der Waals surface area (Å²) in [5, 5.41) is 0. The lowest BCUT2D eigenvalue weighted by Gasteiger charge is -2.22. The van der Waals surface area contributed by atoms with Crippen LogP contribution in [-0.4, -0.2) is 11.6 Å². The van der Waals surface area contributed by atoms with Crippen molar-refractivity contribution in [3.05, 3.63) is 0 Å². The van der Waals surface area contributed by atoms with Crippen molar-refractivity contribution >= 4 is 11.6 Å². The van der Waals surface area contributed by atoms with Crippen LogP contribution in [0, 0.1) is 17.8 Å². The smallest absolute Gasteiger partial charge is 0.136 e. The Morgan fingerprint density at radius 2 is 1.91 bits per heavy atom. The van der Waals surface area contributed by atoms with Crippen LogP contribution in [0.5, 0.6) is 0 Å². The van der Waals surface area contributed by atoms with Gasteiger partial charge >= 0.3 is 0 Å². The molecule has 2 saturated carbocycles. The highest BCUT2D eigenvalue weighted by Gasteiger charge is 2.43. The average Bonchev–Trinajstić information content (AvgIpc) is 2.26. The highest BCUT2D eigenvalue weighted by Crippen LogP contribution is 2.41. The largest absolute Gasteiger partial charge is 0.299 e. The summed E-state index contributed by atoms with van der Waals surface area (Å²) in [6, 6.07) is 0.